The van der Waals surface area contributed by atoms with E-state index < -0.39 is 53.8 Å². The van der Waals surface area contributed by atoms with Gasteiger partial charge in [-0.3, -0.25) is 14.4 Å². The molecule has 0 fully saturated rings. The van der Waals surface area contributed by atoms with E-state index in [1.54, 1.807) is 0 Å². The molecule has 0 saturated heterocycles. The summed E-state index contributed by atoms with van der Waals surface area (Å²) in [5, 5.41) is 41.3. The van der Waals surface area contributed by atoms with Crippen LogP contribution in [0.15, 0.2) is 36.5 Å². The van der Waals surface area contributed by atoms with Gasteiger partial charge in [0.05, 0.1) is 25.2 Å². The Labute approximate surface area is 164 Å². The Balaban J connectivity index is 7.74. The number of rotatable bonds is 13. The molecular weight excluding hydrogens is 368 g/mol. The van der Waals surface area contributed by atoms with Crippen LogP contribution in [-0.4, -0.2) is 70.0 Å². The molecule has 0 aliphatic rings. The highest BCUT2D eigenvalue weighted by atomic mass is 16.6. The number of aliphatic hydroxyl groups excluding tert-OH is 3. The van der Waals surface area contributed by atoms with Crippen molar-refractivity contribution in [2.75, 3.05) is 26.4 Å². The van der Waals surface area contributed by atoms with Crippen LogP contribution in [0.5, 0.6) is 0 Å². The summed E-state index contributed by atoms with van der Waals surface area (Å²) in [5.74, 6) is -6.76. The van der Waals surface area contributed by atoms with Crippen LogP contribution in [0.2, 0.25) is 0 Å². The van der Waals surface area contributed by atoms with Crippen molar-refractivity contribution in [1.82, 2.24) is 0 Å². The van der Waals surface area contributed by atoms with Crippen LogP contribution in [0, 0.1) is 10.8 Å². The number of carbonyl (C=O) groups is 3. The van der Waals surface area contributed by atoms with Crippen LogP contribution in [0.25, 0.3) is 0 Å². The Hall–Kier alpha value is -1.97. The third-order valence-electron chi connectivity index (χ3n) is 4.67. The predicted octanol–water partition coefficient (Wildman–Crippen LogP) is 0.0968. The van der Waals surface area contributed by atoms with Crippen molar-refractivity contribution in [3.8, 4) is 0 Å². The van der Waals surface area contributed by atoms with Gasteiger partial charge in [-0.05, 0) is 44.4 Å². The normalized spacial score (nSPS) is 14.1. The summed E-state index contributed by atoms with van der Waals surface area (Å²) in [7, 11) is 0. The van der Waals surface area contributed by atoms with Crippen LogP contribution in [0.1, 0.15) is 27.7 Å². The van der Waals surface area contributed by atoms with Gasteiger partial charge in [0.25, 0.3) is 0 Å². The van der Waals surface area contributed by atoms with Crippen molar-refractivity contribution < 1.29 is 39.5 Å². The molecule has 0 heterocycles. The standard InChI is InChI=1S/C20H30O8/c1-8-28-20(27,18(9-21,10-22)11-23)19(15(24)12(2)3,16(25)13(4)5)17(26)14(6)7/h21-23,27H,2,4,6,8-11H2,1,3,5,7H3. The molecule has 0 amide bonds. The van der Waals surface area contributed by atoms with Gasteiger partial charge in [0.1, 0.15) is 0 Å². The van der Waals surface area contributed by atoms with Gasteiger partial charge in [-0.25, -0.2) is 0 Å². The van der Waals surface area contributed by atoms with E-state index >= 15 is 0 Å². The summed E-state index contributed by atoms with van der Waals surface area (Å²) in [6.45, 7) is 11.8. The van der Waals surface area contributed by atoms with Gasteiger partial charge in [-0.15, -0.1) is 0 Å². The van der Waals surface area contributed by atoms with E-state index in [9.17, 15) is 34.8 Å². The summed E-state index contributed by atoms with van der Waals surface area (Å²) in [4.78, 5) is 39.8. The maximum Gasteiger partial charge on any atom is 0.212 e. The van der Waals surface area contributed by atoms with Crippen LogP contribution in [-0.2, 0) is 19.1 Å². The first kappa shape index (κ1) is 26.0. The number of aliphatic hydroxyl groups is 4. The Morgan fingerprint density at radius 2 is 1.07 bits per heavy atom. The van der Waals surface area contributed by atoms with Crippen LogP contribution in [0.3, 0.4) is 0 Å². The molecule has 0 saturated carbocycles. The Morgan fingerprint density at radius 3 is 1.25 bits per heavy atom. The Bertz CT molecular complexity index is 613. The first-order valence-electron chi connectivity index (χ1n) is 8.61. The van der Waals surface area contributed by atoms with Gasteiger partial charge in [0.2, 0.25) is 11.2 Å². The number of Topliss-reactive ketones (excluding diaryl/α,β-unsaturated/α-hetero) is 3. The molecule has 28 heavy (non-hydrogen) atoms. The minimum atomic E-state index is -3.14. The van der Waals surface area contributed by atoms with Gasteiger partial charge >= 0.3 is 0 Å². The van der Waals surface area contributed by atoms with Crippen LogP contribution >= 0.6 is 0 Å². The lowest BCUT2D eigenvalue weighted by Gasteiger charge is -2.52. The highest BCUT2D eigenvalue weighted by molar-refractivity contribution is 6.35. The van der Waals surface area contributed by atoms with Gasteiger partial charge in [-0.1, -0.05) is 19.7 Å². The number of carbonyl (C=O) groups excluding carboxylic acids is 3. The molecule has 0 radical (unpaired) electrons. The fourth-order valence-electron chi connectivity index (χ4n) is 3.07. The monoisotopic (exact) mass is 398 g/mol. The van der Waals surface area contributed by atoms with E-state index in [1.807, 2.05) is 0 Å². The molecule has 0 aromatic rings. The van der Waals surface area contributed by atoms with E-state index in [-0.39, 0.29) is 23.3 Å². The third kappa shape index (κ3) is 3.66. The first-order chi connectivity index (χ1) is 12.8. The van der Waals surface area contributed by atoms with Gasteiger partial charge in [0.15, 0.2) is 17.3 Å². The van der Waals surface area contributed by atoms with E-state index in [4.69, 9.17) is 4.74 Å². The minimum Gasteiger partial charge on any atom is -0.395 e. The second-order valence-electron chi connectivity index (χ2n) is 6.91. The molecule has 1 atom stereocenters. The van der Waals surface area contributed by atoms with E-state index in [0.29, 0.717) is 0 Å². The third-order valence-corrected chi connectivity index (χ3v) is 4.67. The molecule has 1 unspecified atom stereocenters. The topological polar surface area (TPSA) is 141 Å². The average Bonchev–Trinajstić information content (AvgIpc) is 2.63. The fourth-order valence-corrected chi connectivity index (χ4v) is 3.07. The van der Waals surface area contributed by atoms with E-state index in [2.05, 4.69) is 19.7 Å². The lowest BCUT2D eigenvalue weighted by atomic mass is 9.57. The summed E-state index contributed by atoms with van der Waals surface area (Å²) >= 11 is 0. The molecule has 4 N–H and O–H groups in total. The van der Waals surface area contributed by atoms with Crippen LogP contribution in [0.4, 0.5) is 0 Å². The molecule has 8 nitrogen and oxygen atoms in total. The number of hydrogen-bond donors (Lipinski definition) is 4. The lowest BCUT2D eigenvalue weighted by molar-refractivity contribution is -0.326. The van der Waals surface area contributed by atoms with E-state index in [0.717, 1.165) is 0 Å². The average molecular weight is 398 g/mol. The maximum atomic E-state index is 13.3. The number of ketones is 3. The molecular formula is C20H30O8. The SMILES string of the molecule is C=C(C)C(=O)C(C(=O)C(=C)C)(C(=O)C(=C)C)C(O)(OCC)C(CO)(CO)CO. The molecule has 158 valence electrons. The molecule has 0 rings (SSSR count). The molecule has 0 aromatic carbocycles. The van der Waals surface area contributed by atoms with Crippen molar-refractivity contribution in [2.24, 2.45) is 10.8 Å². The predicted molar refractivity (Wildman–Crippen MR) is 102 cm³/mol. The van der Waals surface area contributed by atoms with Crippen molar-refractivity contribution in [3.63, 3.8) is 0 Å². The number of allylic oxidation sites excluding steroid dienone is 3. The summed E-state index contributed by atoms with van der Waals surface area (Å²) in [6.07, 6.45) is 0. The molecule has 0 spiro atoms. The van der Waals surface area contributed by atoms with Crippen molar-refractivity contribution in [2.45, 2.75) is 33.5 Å². The van der Waals surface area contributed by atoms with Gasteiger partial charge < -0.3 is 25.2 Å². The zero-order valence-corrected chi connectivity index (χ0v) is 16.9. The summed E-state index contributed by atoms with van der Waals surface area (Å²) < 4.78 is 5.34. The maximum absolute atomic E-state index is 13.3. The quantitative estimate of drug-likeness (QED) is 0.194. The zero-order valence-electron chi connectivity index (χ0n) is 16.9. The molecule has 0 aliphatic heterocycles. The molecule has 0 bridgehead atoms. The summed E-state index contributed by atoms with van der Waals surface area (Å²) in [5.41, 5.74) is -6.22. The Morgan fingerprint density at radius 1 is 0.786 bits per heavy atom. The van der Waals surface area contributed by atoms with Crippen molar-refractivity contribution >= 4 is 17.3 Å². The second kappa shape index (κ2) is 9.49. The first-order valence-corrected chi connectivity index (χ1v) is 8.61. The molecule has 8 heteroatoms. The van der Waals surface area contributed by atoms with Crippen molar-refractivity contribution in [1.29, 1.82) is 0 Å². The lowest BCUT2D eigenvalue weighted by Crippen LogP contribution is -2.73. The fraction of sp³-hybridized carbons (Fsp3) is 0.550. The van der Waals surface area contributed by atoms with Gasteiger partial charge in [-0.2, -0.15) is 0 Å². The largest absolute Gasteiger partial charge is 0.395 e. The van der Waals surface area contributed by atoms with Crippen molar-refractivity contribution in [3.05, 3.63) is 36.5 Å². The second-order valence-corrected chi connectivity index (χ2v) is 6.91. The highest BCUT2D eigenvalue weighted by Gasteiger charge is 2.73. The molecule has 0 aliphatic carbocycles. The number of ether oxygens (including phenoxy) is 1. The number of hydrogen-bond acceptors (Lipinski definition) is 8. The molecule has 0 aromatic heterocycles. The van der Waals surface area contributed by atoms with E-state index in [1.165, 1.54) is 27.7 Å². The van der Waals surface area contributed by atoms with Gasteiger partial charge in [0, 0.05) is 6.61 Å². The zero-order chi connectivity index (χ0) is 22.5. The van der Waals surface area contributed by atoms with Crippen LogP contribution < -0.4 is 0 Å². The summed E-state index contributed by atoms with van der Waals surface area (Å²) in [6, 6.07) is 0. The smallest absolute Gasteiger partial charge is 0.212 e. The minimum absolute atomic E-state index is 0.273. The Kier molecular flexibility index (Phi) is 8.82. The highest BCUT2D eigenvalue weighted by Crippen LogP contribution is 2.50.